The highest BCUT2D eigenvalue weighted by molar-refractivity contribution is 4.88. The van der Waals surface area contributed by atoms with Crippen LogP contribution in [0.25, 0.3) is 0 Å². The molecule has 0 heterocycles. The smallest absolute Gasteiger partial charge is 0.0447 e. The Kier molecular flexibility index (Phi) is 6.81. The van der Waals surface area contributed by atoms with Gasteiger partial charge in [0.15, 0.2) is 0 Å². The van der Waals surface area contributed by atoms with Gasteiger partial charge in [0.25, 0.3) is 0 Å². The average molecular weight is 173 g/mol. The summed E-state index contributed by atoms with van der Waals surface area (Å²) < 4.78 is 0. The Morgan fingerprint density at radius 1 is 1.17 bits per heavy atom. The summed E-state index contributed by atoms with van der Waals surface area (Å²) in [5.74, 6) is 0. The summed E-state index contributed by atoms with van der Waals surface area (Å²) in [6.45, 7) is 7.84. The first-order chi connectivity index (χ1) is 5.72. The van der Waals surface area contributed by atoms with Crippen LogP contribution in [0.2, 0.25) is 0 Å². The van der Waals surface area contributed by atoms with Gasteiger partial charge in [0.2, 0.25) is 0 Å². The summed E-state index contributed by atoms with van der Waals surface area (Å²) in [5.41, 5.74) is 0.997. The Bertz CT molecular complexity index is 118. The standard InChI is InChI=1S/C9H19NO2/c1-9(2)10(5-3-7-11)6-4-8-12/h11-12H,1,3-8H2,2H3. The molecule has 0 rings (SSSR count). The first-order valence-corrected chi connectivity index (χ1v) is 4.34. The molecule has 0 bridgehead atoms. The van der Waals surface area contributed by atoms with Crippen LogP contribution in [0.5, 0.6) is 0 Å². The SMILES string of the molecule is C=C(C)N(CCCO)CCCO. The zero-order valence-corrected chi connectivity index (χ0v) is 7.79. The van der Waals surface area contributed by atoms with Crippen LogP contribution in [0.4, 0.5) is 0 Å². The molecule has 0 unspecified atom stereocenters. The highest BCUT2D eigenvalue weighted by Gasteiger charge is 2.01. The number of aliphatic hydroxyl groups is 2. The van der Waals surface area contributed by atoms with E-state index in [1.54, 1.807) is 0 Å². The van der Waals surface area contributed by atoms with E-state index in [1.165, 1.54) is 0 Å². The Labute approximate surface area is 74.3 Å². The van der Waals surface area contributed by atoms with Crippen LogP contribution in [0, 0.1) is 0 Å². The van der Waals surface area contributed by atoms with Crippen LogP contribution < -0.4 is 0 Å². The normalized spacial score (nSPS) is 9.92. The molecule has 72 valence electrons. The molecule has 0 atom stereocenters. The lowest BCUT2D eigenvalue weighted by Gasteiger charge is -2.23. The molecule has 0 spiro atoms. The van der Waals surface area contributed by atoms with Gasteiger partial charge in [-0.05, 0) is 19.8 Å². The number of nitrogens with zero attached hydrogens (tertiary/aromatic N) is 1. The molecule has 0 aromatic rings. The third-order valence-corrected chi connectivity index (χ3v) is 1.71. The molecule has 0 fully saturated rings. The van der Waals surface area contributed by atoms with Crippen molar-refractivity contribution in [3.8, 4) is 0 Å². The molecule has 0 saturated carbocycles. The topological polar surface area (TPSA) is 43.7 Å². The second kappa shape index (κ2) is 7.13. The minimum Gasteiger partial charge on any atom is -0.396 e. The first kappa shape index (κ1) is 11.5. The van der Waals surface area contributed by atoms with Crippen LogP contribution in [0.3, 0.4) is 0 Å². The fraction of sp³-hybridized carbons (Fsp3) is 0.778. The van der Waals surface area contributed by atoms with E-state index < -0.39 is 0 Å². The summed E-state index contributed by atoms with van der Waals surface area (Å²) in [6.07, 6.45) is 1.52. The molecule has 0 radical (unpaired) electrons. The van der Waals surface area contributed by atoms with Crippen molar-refractivity contribution < 1.29 is 10.2 Å². The fourth-order valence-corrected chi connectivity index (χ4v) is 1.02. The molecule has 0 aromatic carbocycles. The zero-order valence-electron chi connectivity index (χ0n) is 7.79. The van der Waals surface area contributed by atoms with Gasteiger partial charge in [-0.1, -0.05) is 6.58 Å². The predicted molar refractivity (Wildman–Crippen MR) is 49.8 cm³/mol. The summed E-state index contributed by atoms with van der Waals surface area (Å²) >= 11 is 0. The van der Waals surface area contributed by atoms with E-state index in [0.717, 1.165) is 31.6 Å². The molecule has 3 nitrogen and oxygen atoms in total. The number of hydrogen-bond donors (Lipinski definition) is 2. The van der Waals surface area contributed by atoms with Gasteiger partial charge in [0, 0.05) is 32.0 Å². The van der Waals surface area contributed by atoms with Gasteiger partial charge in [0.05, 0.1) is 0 Å². The maximum atomic E-state index is 8.62. The van der Waals surface area contributed by atoms with E-state index in [2.05, 4.69) is 11.5 Å². The Morgan fingerprint density at radius 3 is 1.83 bits per heavy atom. The third kappa shape index (κ3) is 5.16. The number of hydrogen-bond acceptors (Lipinski definition) is 3. The van der Waals surface area contributed by atoms with Gasteiger partial charge in [-0.25, -0.2) is 0 Å². The molecule has 0 saturated heterocycles. The van der Waals surface area contributed by atoms with Crippen molar-refractivity contribution >= 4 is 0 Å². The molecular formula is C9H19NO2. The van der Waals surface area contributed by atoms with Gasteiger partial charge < -0.3 is 15.1 Å². The monoisotopic (exact) mass is 173 g/mol. The van der Waals surface area contributed by atoms with E-state index >= 15 is 0 Å². The van der Waals surface area contributed by atoms with E-state index in [1.807, 2.05) is 6.92 Å². The largest absolute Gasteiger partial charge is 0.396 e. The molecule has 2 N–H and O–H groups in total. The van der Waals surface area contributed by atoms with Crippen molar-refractivity contribution in [2.24, 2.45) is 0 Å². The van der Waals surface area contributed by atoms with Crippen LogP contribution >= 0.6 is 0 Å². The second-order valence-corrected chi connectivity index (χ2v) is 2.88. The van der Waals surface area contributed by atoms with Gasteiger partial charge in [-0.3, -0.25) is 0 Å². The van der Waals surface area contributed by atoms with Crippen molar-refractivity contribution in [1.29, 1.82) is 0 Å². The van der Waals surface area contributed by atoms with Crippen LogP contribution in [0.1, 0.15) is 19.8 Å². The number of rotatable bonds is 7. The first-order valence-electron chi connectivity index (χ1n) is 4.34. The number of allylic oxidation sites excluding steroid dienone is 1. The van der Waals surface area contributed by atoms with Crippen molar-refractivity contribution in [1.82, 2.24) is 4.90 Å². The average Bonchev–Trinajstić information content (AvgIpc) is 2.04. The molecule has 0 aliphatic heterocycles. The Hall–Kier alpha value is -0.540. The lowest BCUT2D eigenvalue weighted by Crippen LogP contribution is -2.24. The molecule has 0 aromatic heterocycles. The maximum absolute atomic E-state index is 8.62. The van der Waals surface area contributed by atoms with Gasteiger partial charge in [-0.2, -0.15) is 0 Å². The van der Waals surface area contributed by atoms with E-state index in [9.17, 15) is 0 Å². The summed E-state index contributed by atoms with van der Waals surface area (Å²) in [4.78, 5) is 2.08. The Morgan fingerprint density at radius 2 is 1.58 bits per heavy atom. The number of aliphatic hydroxyl groups excluding tert-OH is 2. The lowest BCUT2D eigenvalue weighted by molar-refractivity contribution is 0.229. The summed E-state index contributed by atoms with van der Waals surface area (Å²) in [7, 11) is 0. The van der Waals surface area contributed by atoms with Crippen LogP contribution in [0.15, 0.2) is 12.3 Å². The molecule has 0 aliphatic rings. The minimum atomic E-state index is 0.211. The van der Waals surface area contributed by atoms with Gasteiger partial charge >= 0.3 is 0 Å². The van der Waals surface area contributed by atoms with Crippen molar-refractivity contribution in [2.45, 2.75) is 19.8 Å². The predicted octanol–water partition coefficient (Wildman–Crippen LogP) is 0.587. The quantitative estimate of drug-likeness (QED) is 0.592. The summed E-state index contributed by atoms with van der Waals surface area (Å²) in [6, 6.07) is 0. The second-order valence-electron chi connectivity index (χ2n) is 2.88. The molecular weight excluding hydrogens is 154 g/mol. The molecule has 0 amide bonds. The minimum absolute atomic E-state index is 0.211. The third-order valence-electron chi connectivity index (χ3n) is 1.71. The van der Waals surface area contributed by atoms with E-state index in [-0.39, 0.29) is 13.2 Å². The maximum Gasteiger partial charge on any atom is 0.0447 e. The van der Waals surface area contributed by atoms with Gasteiger partial charge in [0.1, 0.15) is 0 Å². The van der Waals surface area contributed by atoms with E-state index in [4.69, 9.17) is 10.2 Å². The Balaban J connectivity index is 3.62. The van der Waals surface area contributed by atoms with Crippen LogP contribution in [-0.4, -0.2) is 41.4 Å². The fourth-order valence-electron chi connectivity index (χ4n) is 1.02. The van der Waals surface area contributed by atoms with Crippen molar-refractivity contribution in [2.75, 3.05) is 26.3 Å². The van der Waals surface area contributed by atoms with Crippen molar-refractivity contribution in [3.63, 3.8) is 0 Å². The molecule has 0 aliphatic carbocycles. The van der Waals surface area contributed by atoms with Crippen molar-refractivity contribution in [3.05, 3.63) is 12.3 Å². The molecule has 12 heavy (non-hydrogen) atoms. The highest BCUT2D eigenvalue weighted by Crippen LogP contribution is 2.02. The van der Waals surface area contributed by atoms with Crippen LogP contribution in [-0.2, 0) is 0 Å². The van der Waals surface area contributed by atoms with Gasteiger partial charge in [-0.15, -0.1) is 0 Å². The lowest BCUT2D eigenvalue weighted by atomic mass is 10.3. The molecule has 3 heteroatoms. The zero-order chi connectivity index (χ0) is 9.40. The van der Waals surface area contributed by atoms with E-state index in [0.29, 0.717) is 0 Å². The summed E-state index contributed by atoms with van der Waals surface area (Å²) in [5, 5.41) is 17.2. The highest BCUT2D eigenvalue weighted by atomic mass is 16.3.